The topological polar surface area (TPSA) is 81.2 Å². The minimum absolute atomic E-state index is 0.110. The van der Waals surface area contributed by atoms with Gasteiger partial charge in [-0.1, -0.05) is 0 Å². The van der Waals surface area contributed by atoms with Crippen LogP contribution in [0.15, 0.2) is 18.2 Å². The molecule has 0 radical (unpaired) electrons. The van der Waals surface area contributed by atoms with Crippen molar-refractivity contribution in [1.29, 1.82) is 0 Å². The Morgan fingerprint density at radius 2 is 2.27 bits per heavy atom. The van der Waals surface area contributed by atoms with Gasteiger partial charge in [0.1, 0.15) is 0 Å². The standard InChI is InChI=1S/C10H15N3O2/c1-7-5-9(13(14)15)3-4-10(7)12-8(2)6-11/h3-5,8,12H,6,11H2,1-2H3. The van der Waals surface area contributed by atoms with Gasteiger partial charge in [0.25, 0.3) is 5.69 Å². The molecule has 1 rings (SSSR count). The zero-order chi connectivity index (χ0) is 11.4. The number of hydrogen-bond donors (Lipinski definition) is 2. The molecule has 1 unspecified atom stereocenters. The van der Waals surface area contributed by atoms with Gasteiger partial charge in [0.2, 0.25) is 0 Å². The Bertz CT molecular complexity index is 366. The van der Waals surface area contributed by atoms with Gasteiger partial charge in [0.05, 0.1) is 4.92 Å². The van der Waals surface area contributed by atoms with Gasteiger partial charge in [-0.25, -0.2) is 0 Å². The summed E-state index contributed by atoms with van der Waals surface area (Å²) in [5.74, 6) is 0. The largest absolute Gasteiger partial charge is 0.381 e. The number of nitrogens with zero attached hydrogens (tertiary/aromatic N) is 1. The fourth-order valence-corrected chi connectivity index (χ4v) is 1.25. The molecule has 0 saturated heterocycles. The second-order valence-electron chi connectivity index (χ2n) is 3.54. The van der Waals surface area contributed by atoms with Crippen molar-refractivity contribution in [3.05, 3.63) is 33.9 Å². The van der Waals surface area contributed by atoms with Crippen molar-refractivity contribution in [2.75, 3.05) is 11.9 Å². The molecule has 0 amide bonds. The first-order chi connectivity index (χ1) is 7.04. The molecule has 1 atom stereocenters. The highest BCUT2D eigenvalue weighted by atomic mass is 16.6. The van der Waals surface area contributed by atoms with Gasteiger partial charge in [0, 0.05) is 30.4 Å². The Morgan fingerprint density at radius 1 is 1.60 bits per heavy atom. The van der Waals surface area contributed by atoms with Crippen molar-refractivity contribution in [2.45, 2.75) is 19.9 Å². The molecule has 5 heteroatoms. The lowest BCUT2D eigenvalue weighted by atomic mass is 10.1. The monoisotopic (exact) mass is 209 g/mol. The molecule has 1 aromatic carbocycles. The lowest BCUT2D eigenvalue weighted by Gasteiger charge is -2.14. The molecular weight excluding hydrogens is 194 g/mol. The number of benzene rings is 1. The number of hydrogen-bond acceptors (Lipinski definition) is 4. The Morgan fingerprint density at radius 3 is 2.73 bits per heavy atom. The van der Waals surface area contributed by atoms with Crippen molar-refractivity contribution >= 4 is 11.4 Å². The molecule has 15 heavy (non-hydrogen) atoms. The van der Waals surface area contributed by atoms with Crippen molar-refractivity contribution in [2.24, 2.45) is 5.73 Å². The third-order valence-electron chi connectivity index (χ3n) is 2.18. The summed E-state index contributed by atoms with van der Waals surface area (Å²) in [6.07, 6.45) is 0. The molecule has 0 aliphatic heterocycles. The molecule has 0 fully saturated rings. The Labute approximate surface area is 88.4 Å². The van der Waals surface area contributed by atoms with E-state index in [4.69, 9.17) is 5.73 Å². The smallest absolute Gasteiger partial charge is 0.269 e. The average molecular weight is 209 g/mol. The van der Waals surface area contributed by atoms with Crippen LogP contribution in [0.5, 0.6) is 0 Å². The van der Waals surface area contributed by atoms with E-state index in [1.54, 1.807) is 12.1 Å². The van der Waals surface area contributed by atoms with Crippen LogP contribution in [0, 0.1) is 17.0 Å². The van der Waals surface area contributed by atoms with Gasteiger partial charge in [-0.15, -0.1) is 0 Å². The number of nitrogens with one attached hydrogen (secondary N) is 1. The lowest BCUT2D eigenvalue weighted by molar-refractivity contribution is -0.384. The van der Waals surface area contributed by atoms with Gasteiger partial charge >= 0.3 is 0 Å². The van der Waals surface area contributed by atoms with E-state index in [0.717, 1.165) is 11.3 Å². The average Bonchev–Trinajstić information content (AvgIpc) is 2.20. The van der Waals surface area contributed by atoms with Crippen LogP contribution in [0.25, 0.3) is 0 Å². The summed E-state index contributed by atoms with van der Waals surface area (Å²) in [7, 11) is 0. The summed E-state index contributed by atoms with van der Waals surface area (Å²) >= 11 is 0. The summed E-state index contributed by atoms with van der Waals surface area (Å²) in [5.41, 5.74) is 7.33. The molecule has 0 heterocycles. The van der Waals surface area contributed by atoms with Gasteiger partial charge in [0.15, 0.2) is 0 Å². The SMILES string of the molecule is Cc1cc([N+](=O)[O-])ccc1NC(C)CN. The maximum absolute atomic E-state index is 10.5. The van der Waals surface area contributed by atoms with Crippen LogP contribution in [0.1, 0.15) is 12.5 Å². The molecule has 0 bridgehead atoms. The third kappa shape index (κ3) is 2.92. The zero-order valence-corrected chi connectivity index (χ0v) is 8.86. The van der Waals surface area contributed by atoms with Crippen LogP contribution < -0.4 is 11.1 Å². The first kappa shape index (κ1) is 11.5. The molecule has 1 aromatic rings. The maximum atomic E-state index is 10.5. The Kier molecular flexibility index (Phi) is 3.62. The first-order valence-electron chi connectivity index (χ1n) is 4.76. The van der Waals surface area contributed by atoms with Gasteiger partial charge in [-0.3, -0.25) is 10.1 Å². The normalized spacial score (nSPS) is 12.2. The predicted molar refractivity (Wildman–Crippen MR) is 60.0 cm³/mol. The van der Waals surface area contributed by atoms with E-state index in [1.165, 1.54) is 6.07 Å². The number of nitrogens with two attached hydrogens (primary N) is 1. The van der Waals surface area contributed by atoms with Crippen LogP contribution in [0.2, 0.25) is 0 Å². The lowest BCUT2D eigenvalue weighted by Crippen LogP contribution is -2.25. The van der Waals surface area contributed by atoms with Crippen LogP contribution in [-0.2, 0) is 0 Å². The van der Waals surface area contributed by atoms with Crippen molar-refractivity contribution in [3.8, 4) is 0 Å². The van der Waals surface area contributed by atoms with E-state index < -0.39 is 4.92 Å². The molecule has 0 aliphatic carbocycles. The summed E-state index contributed by atoms with van der Waals surface area (Å²) in [6, 6.07) is 4.90. The molecule has 0 aliphatic rings. The zero-order valence-electron chi connectivity index (χ0n) is 8.86. The van der Waals surface area contributed by atoms with E-state index in [-0.39, 0.29) is 11.7 Å². The van der Waals surface area contributed by atoms with Gasteiger partial charge < -0.3 is 11.1 Å². The van der Waals surface area contributed by atoms with Crippen LogP contribution in [-0.4, -0.2) is 17.5 Å². The molecule has 3 N–H and O–H groups in total. The summed E-state index contributed by atoms with van der Waals surface area (Å²) in [5, 5.41) is 13.7. The number of non-ortho nitro benzene ring substituents is 1. The molecule has 0 aromatic heterocycles. The maximum Gasteiger partial charge on any atom is 0.269 e. The van der Waals surface area contributed by atoms with E-state index in [0.29, 0.717) is 6.54 Å². The second kappa shape index (κ2) is 4.75. The van der Waals surface area contributed by atoms with Crippen molar-refractivity contribution in [1.82, 2.24) is 0 Å². The van der Waals surface area contributed by atoms with E-state index in [2.05, 4.69) is 5.32 Å². The number of aryl methyl sites for hydroxylation is 1. The summed E-state index contributed by atoms with van der Waals surface area (Å²) in [4.78, 5) is 10.1. The number of nitro benzene ring substituents is 1. The minimum Gasteiger partial charge on any atom is -0.381 e. The number of nitro groups is 1. The van der Waals surface area contributed by atoms with E-state index in [9.17, 15) is 10.1 Å². The van der Waals surface area contributed by atoms with E-state index in [1.807, 2.05) is 13.8 Å². The van der Waals surface area contributed by atoms with Crippen LogP contribution in [0.4, 0.5) is 11.4 Å². The minimum atomic E-state index is -0.400. The number of rotatable bonds is 4. The van der Waals surface area contributed by atoms with Gasteiger partial charge in [-0.05, 0) is 25.5 Å². The third-order valence-corrected chi connectivity index (χ3v) is 2.18. The highest BCUT2D eigenvalue weighted by Gasteiger charge is 2.08. The molecule has 0 saturated carbocycles. The molecule has 82 valence electrons. The molecular formula is C10H15N3O2. The number of anilines is 1. The van der Waals surface area contributed by atoms with Crippen molar-refractivity contribution < 1.29 is 4.92 Å². The highest BCUT2D eigenvalue weighted by molar-refractivity contribution is 5.55. The fourth-order valence-electron chi connectivity index (χ4n) is 1.25. The summed E-state index contributed by atoms with van der Waals surface area (Å²) < 4.78 is 0. The fraction of sp³-hybridized carbons (Fsp3) is 0.400. The quantitative estimate of drug-likeness (QED) is 0.583. The highest BCUT2D eigenvalue weighted by Crippen LogP contribution is 2.21. The van der Waals surface area contributed by atoms with Crippen LogP contribution >= 0.6 is 0 Å². The van der Waals surface area contributed by atoms with Crippen LogP contribution in [0.3, 0.4) is 0 Å². The van der Waals surface area contributed by atoms with Gasteiger partial charge in [-0.2, -0.15) is 0 Å². The first-order valence-corrected chi connectivity index (χ1v) is 4.76. The molecule has 5 nitrogen and oxygen atoms in total. The molecule has 0 spiro atoms. The summed E-state index contributed by atoms with van der Waals surface area (Å²) in [6.45, 7) is 4.32. The van der Waals surface area contributed by atoms with E-state index >= 15 is 0 Å². The second-order valence-corrected chi connectivity index (χ2v) is 3.54. The Hall–Kier alpha value is -1.62. The predicted octanol–water partition coefficient (Wildman–Crippen LogP) is 1.66. The van der Waals surface area contributed by atoms with Crippen molar-refractivity contribution in [3.63, 3.8) is 0 Å². The Balaban J connectivity index is 2.88.